The molecule has 2 N–H and O–H groups in total. The number of fused-ring (bicyclic) bond motifs is 7. The zero-order chi connectivity index (χ0) is 19.3. The maximum atomic E-state index is 12.8. The van der Waals surface area contributed by atoms with Crippen LogP contribution in [0, 0.1) is 11.8 Å². The summed E-state index contributed by atoms with van der Waals surface area (Å²) in [7, 11) is 0. The lowest BCUT2D eigenvalue weighted by atomic mass is 9.88. The highest BCUT2D eigenvalue weighted by atomic mass is 32.2. The number of hydrogen-bond donors (Lipinski definition) is 2. The lowest BCUT2D eigenvalue weighted by Crippen LogP contribution is -2.34. The van der Waals surface area contributed by atoms with E-state index < -0.39 is 0 Å². The van der Waals surface area contributed by atoms with Crippen LogP contribution in [0.25, 0.3) is 5.76 Å². The van der Waals surface area contributed by atoms with Gasteiger partial charge in [-0.2, -0.15) is 11.8 Å². The monoisotopic (exact) mass is 399 g/mol. The Hall–Kier alpha value is -1.95. The maximum absolute atomic E-state index is 12.8. The first-order valence-electron chi connectivity index (χ1n) is 10.4. The number of anilines is 1. The van der Waals surface area contributed by atoms with E-state index in [1.54, 1.807) is 12.5 Å². The van der Waals surface area contributed by atoms with E-state index in [2.05, 4.69) is 40.4 Å². The predicted octanol–water partition coefficient (Wildman–Crippen LogP) is 4.20. The summed E-state index contributed by atoms with van der Waals surface area (Å²) in [6, 6.07) is 3.97. The van der Waals surface area contributed by atoms with Crippen molar-refractivity contribution in [3.05, 3.63) is 41.8 Å². The van der Waals surface area contributed by atoms with Crippen molar-refractivity contribution in [3.63, 3.8) is 0 Å². The molecule has 1 saturated carbocycles. The summed E-state index contributed by atoms with van der Waals surface area (Å²) in [5, 5.41) is 7.35. The van der Waals surface area contributed by atoms with E-state index in [1.165, 1.54) is 25.7 Å². The minimum Gasteiger partial charge on any atom is -0.464 e. The number of allylic oxidation sites excluding steroid dienone is 1. The molecule has 1 aromatic heterocycles. The lowest BCUT2D eigenvalue weighted by Gasteiger charge is -2.28. The van der Waals surface area contributed by atoms with Crippen LogP contribution in [0.5, 0.6) is 0 Å². The van der Waals surface area contributed by atoms with Crippen LogP contribution in [0.4, 0.5) is 5.82 Å². The molecule has 1 atom stereocenters. The van der Waals surface area contributed by atoms with Gasteiger partial charge >= 0.3 is 0 Å². The Labute approximate surface area is 171 Å². The number of aromatic nitrogens is 1. The van der Waals surface area contributed by atoms with Crippen LogP contribution in [0.2, 0.25) is 0 Å². The number of rotatable bonds is 0. The summed E-state index contributed by atoms with van der Waals surface area (Å²) < 4.78 is 5.93. The summed E-state index contributed by atoms with van der Waals surface area (Å²) in [4.78, 5) is 17.2. The van der Waals surface area contributed by atoms with Crippen molar-refractivity contribution in [1.29, 1.82) is 0 Å². The van der Waals surface area contributed by atoms with E-state index in [-0.39, 0.29) is 11.8 Å². The van der Waals surface area contributed by atoms with E-state index >= 15 is 0 Å². The number of carbonyl (C=O) groups is 1. The SMILES string of the molecule is CC1CC=C2OC=C1C(=O)NCC1CCC(CC1)SCCNc1cc2ccn1. The minimum absolute atomic E-state index is 0.0110. The summed E-state index contributed by atoms with van der Waals surface area (Å²) >= 11 is 2.06. The second-order valence-corrected chi connectivity index (χ2v) is 9.38. The summed E-state index contributed by atoms with van der Waals surface area (Å²) in [6.45, 7) is 3.77. The molecule has 3 aliphatic heterocycles. The van der Waals surface area contributed by atoms with Crippen molar-refractivity contribution in [1.82, 2.24) is 10.3 Å². The Balaban J connectivity index is 1.56. The first-order chi connectivity index (χ1) is 13.7. The number of hydrogen-bond acceptors (Lipinski definition) is 5. The van der Waals surface area contributed by atoms with Gasteiger partial charge in [-0.15, -0.1) is 0 Å². The molecule has 5 nitrogen and oxygen atoms in total. The van der Waals surface area contributed by atoms with Gasteiger partial charge in [0.25, 0.3) is 5.91 Å². The standard InChI is InChI=1S/C22H29N3O2S/c1-15-2-7-20-17-8-9-23-21(12-17)24-10-11-28-18-5-3-16(4-6-18)13-25-22(26)19(15)14-27-20/h7-9,12,14-16,18H,2-6,10-11,13H2,1H3,(H,23,24)(H,25,26). The molecular weight excluding hydrogens is 370 g/mol. The van der Waals surface area contributed by atoms with Crippen LogP contribution < -0.4 is 10.6 Å². The van der Waals surface area contributed by atoms with Crippen molar-refractivity contribution in [2.45, 2.75) is 44.3 Å². The largest absolute Gasteiger partial charge is 0.464 e. The number of thioether (sulfide) groups is 1. The van der Waals surface area contributed by atoms with Gasteiger partial charge in [-0.05, 0) is 62.1 Å². The zero-order valence-corrected chi connectivity index (χ0v) is 17.3. The van der Waals surface area contributed by atoms with Crippen molar-refractivity contribution in [2.75, 3.05) is 24.2 Å². The van der Waals surface area contributed by atoms with Gasteiger partial charge in [0.1, 0.15) is 17.8 Å². The predicted molar refractivity (Wildman–Crippen MR) is 115 cm³/mol. The molecule has 4 heterocycles. The van der Waals surface area contributed by atoms with Gasteiger partial charge in [-0.1, -0.05) is 6.92 Å². The Kier molecular flexibility index (Phi) is 6.25. The van der Waals surface area contributed by atoms with Crippen LogP contribution in [0.3, 0.4) is 0 Å². The van der Waals surface area contributed by atoms with Crippen LogP contribution in [0.15, 0.2) is 36.2 Å². The fourth-order valence-electron chi connectivity index (χ4n) is 4.09. The van der Waals surface area contributed by atoms with E-state index in [4.69, 9.17) is 4.74 Å². The quantitative estimate of drug-likeness (QED) is 0.685. The number of nitrogens with one attached hydrogen (secondary N) is 2. The van der Waals surface area contributed by atoms with Crippen LogP contribution >= 0.6 is 11.8 Å². The number of pyridine rings is 1. The van der Waals surface area contributed by atoms with E-state index in [0.717, 1.165) is 53.2 Å². The van der Waals surface area contributed by atoms with Crippen molar-refractivity contribution in [2.24, 2.45) is 11.8 Å². The highest BCUT2D eigenvalue weighted by Gasteiger charge is 2.24. The first-order valence-corrected chi connectivity index (χ1v) is 11.4. The number of nitrogens with zero attached hydrogens (tertiary/aromatic N) is 1. The Bertz CT molecular complexity index is 769. The molecule has 4 aliphatic rings. The van der Waals surface area contributed by atoms with Crippen molar-refractivity contribution >= 4 is 29.2 Å². The molecule has 0 aromatic carbocycles. The van der Waals surface area contributed by atoms with Gasteiger partial charge in [0.15, 0.2) is 0 Å². The normalized spacial score (nSPS) is 28.6. The maximum Gasteiger partial charge on any atom is 0.250 e. The van der Waals surface area contributed by atoms with Gasteiger partial charge in [-0.25, -0.2) is 4.98 Å². The fraction of sp³-hybridized carbons (Fsp3) is 0.545. The second-order valence-electron chi connectivity index (χ2n) is 7.98. The van der Waals surface area contributed by atoms with Crippen molar-refractivity contribution in [3.8, 4) is 0 Å². The molecule has 28 heavy (non-hydrogen) atoms. The third-order valence-corrected chi connectivity index (χ3v) is 7.30. The van der Waals surface area contributed by atoms with Crippen molar-refractivity contribution < 1.29 is 9.53 Å². The van der Waals surface area contributed by atoms with Gasteiger partial charge in [0, 0.05) is 35.9 Å². The van der Waals surface area contributed by atoms with Gasteiger partial charge in [-0.3, -0.25) is 4.79 Å². The van der Waals surface area contributed by atoms with E-state index in [9.17, 15) is 4.79 Å². The second kappa shape index (κ2) is 9.03. The first kappa shape index (κ1) is 19.4. The average Bonchev–Trinajstić information content (AvgIpc) is 2.92. The number of carbonyl (C=O) groups excluding carboxylic acids is 1. The molecule has 0 saturated heterocycles. The molecule has 0 spiro atoms. The molecule has 150 valence electrons. The molecule has 1 fully saturated rings. The summed E-state index contributed by atoms with van der Waals surface area (Å²) in [5.74, 6) is 3.48. The molecule has 5 rings (SSSR count). The Morgan fingerprint density at radius 3 is 2.93 bits per heavy atom. The molecular formula is C22H29N3O2S. The smallest absolute Gasteiger partial charge is 0.250 e. The third kappa shape index (κ3) is 4.72. The fourth-order valence-corrected chi connectivity index (χ4v) is 5.25. The molecule has 1 amide bonds. The van der Waals surface area contributed by atoms with Crippen LogP contribution in [0.1, 0.15) is 44.6 Å². The molecule has 6 bridgehead atoms. The van der Waals surface area contributed by atoms with Gasteiger partial charge < -0.3 is 15.4 Å². The Morgan fingerprint density at radius 1 is 1.21 bits per heavy atom. The van der Waals surface area contributed by atoms with E-state index in [1.807, 2.05) is 12.1 Å². The highest BCUT2D eigenvalue weighted by molar-refractivity contribution is 7.99. The molecule has 0 radical (unpaired) electrons. The third-order valence-electron chi connectivity index (χ3n) is 5.91. The number of amides is 1. The van der Waals surface area contributed by atoms with Gasteiger partial charge in [0.2, 0.25) is 0 Å². The molecule has 1 aromatic rings. The lowest BCUT2D eigenvalue weighted by molar-refractivity contribution is -0.118. The molecule has 6 heteroatoms. The minimum atomic E-state index is 0.0110. The topological polar surface area (TPSA) is 63.2 Å². The zero-order valence-electron chi connectivity index (χ0n) is 16.4. The Morgan fingerprint density at radius 2 is 2.07 bits per heavy atom. The highest BCUT2D eigenvalue weighted by Crippen LogP contribution is 2.32. The summed E-state index contributed by atoms with van der Waals surface area (Å²) in [6.07, 6.45) is 11.2. The van der Waals surface area contributed by atoms with Crippen LogP contribution in [-0.2, 0) is 9.53 Å². The average molecular weight is 400 g/mol. The molecule has 1 unspecified atom stereocenters. The van der Waals surface area contributed by atoms with Gasteiger partial charge in [0.05, 0.1) is 5.57 Å². The van der Waals surface area contributed by atoms with Crippen LogP contribution in [-0.4, -0.2) is 35.0 Å². The molecule has 1 aliphatic carbocycles. The number of ether oxygens (including phenoxy) is 1. The summed E-state index contributed by atoms with van der Waals surface area (Å²) in [5.41, 5.74) is 1.71. The van der Waals surface area contributed by atoms with E-state index in [0.29, 0.717) is 5.92 Å².